The van der Waals surface area contributed by atoms with Crippen LogP contribution in [-0.2, 0) is 16.6 Å². The molecular weight excluding hydrogens is 453 g/mol. The lowest BCUT2D eigenvalue weighted by Crippen LogP contribution is -2.44. The van der Waals surface area contributed by atoms with E-state index in [-0.39, 0.29) is 18.4 Å². The zero-order chi connectivity index (χ0) is 23.4. The highest BCUT2D eigenvalue weighted by molar-refractivity contribution is 7.89. The summed E-state index contributed by atoms with van der Waals surface area (Å²) in [7, 11) is -3.54. The molecule has 1 aromatic heterocycles. The van der Waals surface area contributed by atoms with Crippen LogP contribution in [0.15, 0.2) is 61.2 Å². The van der Waals surface area contributed by atoms with Crippen LogP contribution in [0.5, 0.6) is 0 Å². The third kappa shape index (κ3) is 3.62. The minimum Gasteiger partial charge on any atom is -0.368 e. The Kier molecular flexibility index (Phi) is 5.22. The van der Waals surface area contributed by atoms with Crippen molar-refractivity contribution < 1.29 is 12.8 Å². The van der Waals surface area contributed by atoms with Gasteiger partial charge in [-0.1, -0.05) is 36.4 Å². The normalized spacial score (nSPS) is 30.3. The lowest BCUT2D eigenvalue weighted by molar-refractivity contribution is 0.281. The lowest BCUT2D eigenvalue weighted by atomic mass is 10.0. The summed E-state index contributed by atoms with van der Waals surface area (Å²) >= 11 is 0. The van der Waals surface area contributed by atoms with Crippen LogP contribution >= 0.6 is 0 Å². The molecule has 0 amide bonds. The molecule has 2 saturated heterocycles. The van der Waals surface area contributed by atoms with Crippen LogP contribution in [-0.4, -0.2) is 46.6 Å². The molecule has 178 valence electrons. The Morgan fingerprint density at radius 3 is 2.38 bits per heavy atom. The monoisotopic (exact) mass is 481 g/mol. The van der Waals surface area contributed by atoms with Gasteiger partial charge in [0.25, 0.3) is 0 Å². The molecule has 0 N–H and O–H groups in total. The average molecular weight is 482 g/mol. The predicted octanol–water partition coefficient (Wildman–Crippen LogP) is 3.78. The van der Waals surface area contributed by atoms with E-state index in [1.807, 2.05) is 43.3 Å². The van der Waals surface area contributed by atoms with Gasteiger partial charge in [0.2, 0.25) is 10.0 Å². The summed E-state index contributed by atoms with van der Waals surface area (Å²) in [4.78, 5) is 2.10. The third-order valence-corrected chi connectivity index (χ3v) is 10.2. The zero-order valence-electron chi connectivity index (χ0n) is 19.0. The second kappa shape index (κ2) is 8.16. The average Bonchev–Trinajstić information content (AvgIpc) is 3.19. The van der Waals surface area contributed by atoms with Gasteiger partial charge in [0, 0.05) is 43.6 Å². The van der Waals surface area contributed by atoms with Gasteiger partial charge in [0.15, 0.2) is 0 Å². The summed E-state index contributed by atoms with van der Waals surface area (Å²) < 4.78 is 45.7. The summed E-state index contributed by atoms with van der Waals surface area (Å²) in [6.07, 6.45) is 4.88. The largest absolute Gasteiger partial charge is 0.368 e. The number of aromatic nitrogens is 3. The quantitative estimate of drug-likeness (QED) is 0.555. The van der Waals surface area contributed by atoms with Crippen LogP contribution in [0.3, 0.4) is 0 Å². The molecule has 2 aromatic carbocycles. The highest BCUT2D eigenvalue weighted by atomic mass is 32.2. The first-order chi connectivity index (χ1) is 16.4. The van der Waals surface area contributed by atoms with E-state index in [2.05, 4.69) is 19.7 Å². The van der Waals surface area contributed by atoms with Gasteiger partial charge in [-0.25, -0.2) is 12.8 Å². The molecule has 0 spiro atoms. The van der Waals surface area contributed by atoms with Crippen molar-refractivity contribution in [2.45, 2.75) is 43.6 Å². The molecule has 9 heteroatoms. The number of rotatable bonds is 5. The SMILES string of the molecule is C[C@H]1CC[C@@H](c2ccccc2)S(=O)(=O)N1Cc1ccc(N2C[C@@H]3[C@H](C2)[C@H]3n2cnnc2)c(F)c1. The highest BCUT2D eigenvalue weighted by Crippen LogP contribution is 2.55. The Hall–Kier alpha value is -2.78. The molecule has 3 heterocycles. The van der Waals surface area contributed by atoms with E-state index in [4.69, 9.17) is 0 Å². The Labute approximate surface area is 199 Å². The van der Waals surface area contributed by atoms with Gasteiger partial charge < -0.3 is 9.47 Å². The van der Waals surface area contributed by atoms with Crippen molar-refractivity contribution in [2.24, 2.45) is 11.8 Å². The Bertz CT molecular complexity index is 1270. The summed E-state index contributed by atoms with van der Waals surface area (Å²) in [5.74, 6) is 0.690. The maximum atomic E-state index is 15.2. The molecule has 5 atom stereocenters. The molecule has 3 aromatic rings. The third-order valence-electron chi connectivity index (χ3n) is 7.82. The minimum absolute atomic E-state index is 0.118. The number of anilines is 1. The number of hydrogen-bond acceptors (Lipinski definition) is 5. The summed E-state index contributed by atoms with van der Waals surface area (Å²) in [6, 6.07) is 14.9. The molecule has 1 saturated carbocycles. The van der Waals surface area contributed by atoms with Gasteiger partial charge in [-0.05, 0) is 43.0 Å². The number of hydrogen-bond donors (Lipinski definition) is 0. The summed E-state index contributed by atoms with van der Waals surface area (Å²) in [6.45, 7) is 3.73. The molecule has 0 bridgehead atoms. The van der Waals surface area contributed by atoms with E-state index < -0.39 is 15.3 Å². The van der Waals surface area contributed by atoms with Crippen LogP contribution in [0.2, 0.25) is 0 Å². The van der Waals surface area contributed by atoms with Crippen LogP contribution < -0.4 is 4.90 Å². The van der Waals surface area contributed by atoms with Gasteiger partial charge >= 0.3 is 0 Å². The van der Waals surface area contributed by atoms with E-state index in [0.717, 1.165) is 25.1 Å². The Morgan fingerprint density at radius 2 is 1.71 bits per heavy atom. The van der Waals surface area contributed by atoms with E-state index in [1.54, 1.807) is 23.0 Å². The van der Waals surface area contributed by atoms with Gasteiger partial charge in [-0.2, -0.15) is 4.31 Å². The molecule has 2 aliphatic heterocycles. The Balaban J connectivity index is 1.17. The minimum atomic E-state index is -3.54. The first-order valence-corrected chi connectivity index (χ1v) is 13.4. The first-order valence-electron chi connectivity index (χ1n) is 11.9. The molecule has 7 nitrogen and oxygen atoms in total. The van der Waals surface area contributed by atoms with Gasteiger partial charge in [0.1, 0.15) is 23.7 Å². The molecule has 0 radical (unpaired) electrons. The van der Waals surface area contributed by atoms with Crippen molar-refractivity contribution >= 4 is 15.7 Å². The predicted molar refractivity (Wildman–Crippen MR) is 127 cm³/mol. The smallest absolute Gasteiger partial charge is 0.221 e. The fourth-order valence-electron chi connectivity index (χ4n) is 5.93. The number of fused-ring (bicyclic) bond motifs is 1. The van der Waals surface area contributed by atoms with Crippen molar-refractivity contribution in [3.05, 3.63) is 78.1 Å². The van der Waals surface area contributed by atoms with Gasteiger partial charge in [0.05, 0.1) is 5.69 Å². The van der Waals surface area contributed by atoms with Crippen molar-refractivity contribution in [2.75, 3.05) is 18.0 Å². The molecule has 1 aliphatic carbocycles. The standard InChI is InChI=1S/C25H28FN5O2S/c1-17-7-10-24(19-5-3-2-4-6-19)34(32,33)31(17)12-18-8-9-23(22(26)11-18)29-13-20-21(14-29)25(20)30-15-27-28-16-30/h2-6,8-9,11,15-17,20-21,24-25H,7,10,12-14H2,1H3/t17-,20-,21+,24-,25+/m0/s1. The van der Waals surface area contributed by atoms with Crippen LogP contribution in [0.1, 0.15) is 42.2 Å². The molecule has 34 heavy (non-hydrogen) atoms. The number of sulfonamides is 1. The first kappa shape index (κ1) is 21.7. The number of benzene rings is 2. The second-order valence-corrected chi connectivity index (χ2v) is 11.9. The van der Waals surface area contributed by atoms with Crippen molar-refractivity contribution in [3.63, 3.8) is 0 Å². The maximum absolute atomic E-state index is 15.2. The van der Waals surface area contributed by atoms with Gasteiger partial charge in [-0.3, -0.25) is 0 Å². The van der Waals surface area contributed by atoms with E-state index in [0.29, 0.717) is 35.5 Å². The van der Waals surface area contributed by atoms with Crippen LogP contribution in [0.25, 0.3) is 0 Å². The molecule has 3 fully saturated rings. The Morgan fingerprint density at radius 1 is 1.00 bits per heavy atom. The molecule has 0 unspecified atom stereocenters. The van der Waals surface area contributed by atoms with Crippen LogP contribution in [0.4, 0.5) is 10.1 Å². The van der Waals surface area contributed by atoms with Crippen molar-refractivity contribution in [1.82, 2.24) is 19.1 Å². The summed E-state index contributed by atoms with van der Waals surface area (Å²) in [5, 5.41) is 7.23. The van der Waals surface area contributed by atoms with E-state index >= 15 is 4.39 Å². The zero-order valence-corrected chi connectivity index (χ0v) is 19.9. The molecule has 6 rings (SSSR count). The van der Waals surface area contributed by atoms with E-state index in [1.165, 1.54) is 6.07 Å². The lowest BCUT2D eigenvalue weighted by Gasteiger charge is -2.37. The number of piperidine rings is 1. The van der Waals surface area contributed by atoms with Crippen molar-refractivity contribution in [3.8, 4) is 0 Å². The maximum Gasteiger partial charge on any atom is 0.221 e. The van der Waals surface area contributed by atoms with Gasteiger partial charge in [-0.15, -0.1) is 10.2 Å². The topological polar surface area (TPSA) is 71.3 Å². The van der Waals surface area contributed by atoms with Crippen molar-refractivity contribution in [1.29, 1.82) is 0 Å². The van der Waals surface area contributed by atoms with E-state index in [9.17, 15) is 8.42 Å². The molecule has 3 aliphatic rings. The highest BCUT2D eigenvalue weighted by Gasteiger charge is 2.57. The number of nitrogens with zero attached hydrogens (tertiary/aromatic N) is 5. The fraction of sp³-hybridized carbons (Fsp3) is 0.440. The summed E-state index contributed by atoms with van der Waals surface area (Å²) in [5.41, 5.74) is 2.09. The number of halogens is 1. The second-order valence-electron chi connectivity index (χ2n) is 9.83. The fourth-order valence-corrected chi connectivity index (χ4v) is 8.13. The van der Waals surface area contributed by atoms with Crippen LogP contribution in [0, 0.1) is 17.7 Å². The molecular formula is C25H28FN5O2S.